The Labute approximate surface area is 165 Å². The Bertz CT molecular complexity index is 313. The molecule has 0 N–H and O–H groups in total. The fourth-order valence-corrected chi connectivity index (χ4v) is 3.55. The molecule has 1 heteroatoms. The molecular weight excluding hydrogens is 314 g/mol. The van der Waals surface area contributed by atoms with Gasteiger partial charge in [0.15, 0.2) is 0 Å². The van der Waals surface area contributed by atoms with E-state index in [4.69, 9.17) is 5.26 Å². The molecule has 0 fully saturated rings. The molecule has 0 atom stereocenters. The molecule has 0 amide bonds. The van der Waals surface area contributed by atoms with Crippen molar-refractivity contribution < 1.29 is 0 Å². The van der Waals surface area contributed by atoms with Gasteiger partial charge in [-0.05, 0) is 12.8 Å². The summed E-state index contributed by atoms with van der Waals surface area (Å²) in [7, 11) is 0. The molecule has 0 heterocycles. The van der Waals surface area contributed by atoms with Crippen LogP contribution in [0.3, 0.4) is 0 Å². The van der Waals surface area contributed by atoms with Crippen molar-refractivity contribution in [1.29, 1.82) is 5.26 Å². The van der Waals surface area contributed by atoms with Crippen LogP contribution in [0.2, 0.25) is 0 Å². The number of nitrogens with zero attached hydrogens (tertiary/aromatic N) is 1. The van der Waals surface area contributed by atoms with Crippen molar-refractivity contribution in [2.45, 2.75) is 135 Å². The van der Waals surface area contributed by atoms with Crippen molar-refractivity contribution >= 4 is 0 Å². The topological polar surface area (TPSA) is 23.8 Å². The van der Waals surface area contributed by atoms with E-state index >= 15 is 0 Å². The van der Waals surface area contributed by atoms with E-state index in [9.17, 15) is 0 Å². The predicted octanol–water partition coefficient (Wildman–Crippen LogP) is 9.09. The summed E-state index contributed by atoms with van der Waals surface area (Å²) in [6.07, 6.45) is 33.8. The van der Waals surface area contributed by atoms with Crippen LogP contribution in [0.5, 0.6) is 0 Å². The van der Waals surface area contributed by atoms with Crippen molar-refractivity contribution in [1.82, 2.24) is 0 Å². The Morgan fingerprint density at radius 1 is 0.538 bits per heavy atom. The molecule has 0 unspecified atom stereocenters. The van der Waals surface area contributed by atoms with Crippen molar-refractivity contribution in [3.05, 3.63) is 18.6 Å². The van der Waals surface area contributed by atoms with Gasteiger partial charge in [-0.25, -0.2) is 0 Å². The Balaban J connectivity index is 3.00. The van der Waals surface area contributed by atoms with Crippen LogP contribution in [0.1, 0.15) is 135 Å². The summed E-state index contributed by atoms with van der Waals surface area (Å²) >= 11 is 0. The maximum absolute atomic E-state index is 8.37. The van der Waals surface area contributed by atoms with E-state index in [1.807, 2.05) is 12.1 Å². The summed E-state index contributed by atoms with van der Waals surface area (Å²) < 4.78 is 0. The quantitative estimate of drug-likeness (QED) is 0.187. The normalized spacial score (nSPS) is 11.2. The van der Waals surface area contributed by atoms with E-state index in [1.54, 1.807) is 6.42 Å². The minimum Gasteiger partial charge on any atom is -0.198 e. The lowest BCUT2D eigenvalue weighted by Crippen LogP contribution is -1.84. The standard InChI is InChI=1S/C25H46N/c1-2-3-4-5-6-7-8-9-10-11-12-13-14-15-16-17-18-19-20-21-22-23-24-25-26/h22-24H,2-21H2,1H3. The first-order valence-corrected chi connectivity index (χ1v) is 11.8. The van der Waals surface area contributed by atoms with Crippen molar-refractivity contribution in [3.8, 4) is 6.07 Å². The van der Waals surface area contributed by atoms with Crippen LogP contribution in [0.4, 0.5) is 0 Å². The summed E-state index contributed by atoms with van der Waals surface area (Å²) in [5.41, 5.74) is 0. The van der Waals surface area contributed by atoms with Gasteiger partial charge in [-0.1, -0.05) is 135 Å². The lowest BCUT2D eigenvalue weighted by Gasteiger charge is -2.03. The predicted molar refractivity (Wildman–Crippen MR) is 117 cm³/mol. The van der Waals surface area contributed by atoms with Crippen LogP contribution < -0.4 is 0 Å². The maximum Gasteiger partial charge on any atom is 0.0836 e. The SMILES string of the molecule is CCCCCCCCCCCCCCCCCCCCCC=C[CH]C#N. The molecule has 0 aliphatic rings. The smallest absolute Gasteiger partial charge is 0.0836 e. The highest BCUT2D eigenvalue weighted by molar-refractivity contribution is 5.08. The molecule has 0 aliphatic heterocycles. The largest absolute Gasteiger partial charge is 0.198 e. The minimum atomic E-state index is 1.12. The zero-order valence-electron chi connectivity index (χ0n) is 17.8. The molecule has 0 rings (SSSR count). The molecule has 0 saturated carbocycles. The maximum atomic E-state index is 8.37. The zero-order chi connectivity index (χ0) is 19.0. The van der Waals surface area contributed by atoms with Crippen LogP contribution in [0, 0.1) is 17.8 Å². The molecule has 1 nitrogen and oxygen atoms in total. The van der Waals surface area contributed by atoms with E-state index in [2.05, 4.69) is 13.0 Å². The molecule has 0 bridgehead atoms. The fourth-order valence-electron chi connectivity index (χ4n) is 3.55. The van der Waals surface area contributed by atoms with Crippen LogP contribution in [-0.4, -0.2) is 0 Å². The van der Waals surface area contributed by atoms with Gasteiger partial charge in [-0.3, -0.25) is 0 Å². The van der Waals surface area contributed by atoms with Crippen molar-refractivity contribution in [2.24, 2.45) is 0 Å². The van der Waals surface area contributed by atoms with Crippen LogP contribution in [0.25, 0.3) is 0 Å². The summed E-state index contributed by atoms with van der Waals surface area (Å²) in [4.78, 5) is 0. The van der Waals surface area contributed by atoms with Crippen LogP contribution in [0.15, 0.2) is 12.2 Å². The van der Waals surface area contributed by atoms with Gasteiger partial charge >= 0.3 is 0 Å². The third kappa shape index (κ3) is 23.2. The molecule has 1 radical (unpaired) electrons. The van der Waals surface area contributed by atoms with E-state index in [0.29, 0.717) is 0 Å². The van der Waals surface area contributed by atoms with Gasteiger partial charge in [0.2, 0.25) is 0 Å². The van der Waals surface area contributed by atoms with E-state index in [0.717, 1.165) is 6.42 Å². The average Bonchev–Trinajstić information content (AvgIpc) is 2.66. The number of hydrogen-bond acceptors (Lipinski definition) is 1. The number of hydrogen-bond donors (Lipinski definition) is 0. The van der Waals surface area contributed by atoms with Gasteiger partial charge in [0.05, 0.1) is 12.5 Å². The van der Waals surface area contributed by atoms with Gasteiger partial charge in [0.25, 0.3) is 0 Å². The molecule has 151 valence electrons. The Morgan fingerprint density at radius 2 is 0.885 bits per heavy atom. The first kappa shape index (κ1) is 25.2. The highest BCUT2D eigenvalue weighted by atomic mass is 14.2. The second kappa shape index (κ2) is 24.2. The summed E-state index contributed by atoms with van der Waals surface area (Å²) in [5, 5.41) is 8.37. The number of unbranched alkanes of at least 4 members (excludes halogenated alkanes) is 19. The van der Waals surface area contributed by atoms with Gasteiger partial charge in [-0.15, -0.1) is 0 Å². The zero-order valence-corrected chi connectivity index (χ0v) is 17.8. The minimum absolute atomic E-state index is 1.12. The van der Waals surface area contributed by atoms with Gasteiger partial charge in [-0.2, -0.15) is 5.26 Å². The first-order valence-electron chi connectivity index (χ1n) is 11.8. The molecule has 0 aromatic carbocycles. The van der Waals surface area contributed by atoms with Gasteiger partial charge in [0, 0.05) is 0 Å². The second-order valence-electron chi connectivity index (χ2n) is 7.88. The lowest BCUT2D eigenvalue weighted by molar-refractivity contribution is 0.523. The van der Waals surface area contributed by atoms with Crippen LogP contribution in [-0.2, 0) is 0 Å². The third-order valence-electron chi connectivity index (χ3n) is 5.28. The molecule has 0 spiro atoms. The molecule has 0 aromatic rings. The summed E-state index contributed by atoms with van der Waals surface area (Å²) in [6, 6.07) is 2.02. The highest BCUT2D eigenvalue weighted by Gasteiger charge is 1.95. The van der Waals surface area contributed by atoms with E-state index < -0.39 is 0 Å². The lowest BCUT2D eigenvalue weighted by atomic mass is 10.0. The van der Waals surface area contributed by atoms with Crippen molar-refractivity contribution in [3.63, 3.8) is 0 Å². The summed E-state index contributed by atoms with van der Waals surface area (Å²) in [5.74, 6) is 0. The highest BCUT2D eigenvalue weighted by Crippen LogP contribution is 2.14. The Morgan fingerprint density at radius 3 is 1.23 bits per heavy atom. The first-order chi connectivity index (χ1) is 12.9. The monoisotopic (exact) mass is 360 g/mol. The van der Waals surface area contributed by atoms with E-state index in [-0.39, 0.29) is 0 Å². The second-order valence-corrected chi connectivity index (χ2v) is 7.88. The molecule has 0 aromatic heterocycles. The molecule has 0 saturated heterocycles. The molecule has 26 heavy (non-hydrogen) atoms. The molecular formula is C25H46N. The Kier molecular flexibility index (Phi) is 23.5. The fraction of sp³-hybridized carbons (Fsp3) is 0.840. The number of rotatable bonds is 21. The average molecular weight is 361 g/mol. The summed E-state index contributed by atoms with van der Waals surface area (Å²) in [6.45, 7) is 2.29. The van der Waals surface area contributed by atoms with Gasteiger partial charge in [0.1, 0.15) is 0 Å². The number of nitriles is 1. The van der Waals surface area contributed by atoms with E-state index in [1.165, 1.54) is 122 Å². The molecule has 0 aliphatic carbocycles. The third-order valence-corrected chi connectivity index (χ3v) is 5.28. The van der Waals surface area contributed by atoms with Gasteiger partial charge < -0.3 is 0 Å². The van der Waals surface area contributed by atoms with Crippen LogP contribution >= 0.6 is 0 Å². The Hall–Kier alpha value is -0.770. The number of allylic oxidation sites excluding steroid dienone is 2. The van der Waals surface area contributed by atoms with Crippen molar-refractivity contribution in [2.75, 3.05) is 0 Å².